The number of nitrogens with one attached hydrogen (secondary N) is 1. The molecule has 0 aliphatic carbocycles. The van der Waals surface area contributed by atoms with Crippen LogP contribution in [0.3, 0.4) is 0 Å². The fraction of sp³-hybridized carbons (Fsp3) is 0.588. The summed E-state index contributed by atoms with van der Waals surface area (Å²) in [5, 5.41) is 3.31. The lowest BCUT2D eigenvalue weighted by Crippen LogP contribution is -2.44. The van der Waals surface area contributed by atoms with Crippen molar-refractivity contribution in [2.75, 3.05) is 19.6 Å². The summed E-state index contributed by atoms with van der Waals surface area (Å²) in [5.41, 5.74) is 1.07. The van der Waals surface area contributed by atoms with Gasteiger partial charge in [0.2, 0.25) is 5.91 Å². The van der Waals surface area contributed by atoms with Crippen molar-refractivity contribution in [3.05, 3.63) is 35.6 Å². The van der Waals surface area contributed by atoms with E-state index in [4.69, 9.17) is 0 Å². The number of carbonyl (C=O) groups excluding carboxylic acids is 1. The zero-order chi connectivity index (χ0) is 14.7. The van der Waals surface area contributed by atoms with Gasteiger partial charge in [-0.15, -0.1) is 0 Å². The fourth-order valence-corrected chi connectivity index (χ4v) is 3.53. The zero-order valence-electron chi connectivity index (χ0n) is 12.4. The first-order valence-corrected chi connectivity index (χ1v) is 8.02. The Hall–Kier alpha value is -1.42. The summed E-state index contributed by atoms with van der Waals surface area (Å²) in [6.45, 7) is 2.71. The number of rotatable bonds is 2. The van der Waals surface area contributed by atoms with Gasteiger partial charge in [0, 0.05) is 12.5 Å². The molecule has 0 bridgehead atoms. The van der Waals surface area contributed by atoms with Crippen molar-refractivity contribution >= 4 is 5.91 Å². The van der Waals surface area contributed by atoms with Gasteiger partial charge in [0.15, 0.2) is 0 Å². The number of hydrogen-bond donors (Lipinski definition) is 1. The van der Waals surface area contributed by atoms with Gasteiger partial charge in [-0.2, -0.15) is 0 Å². The average Bonchev–Trinajstić information content (AvgIpc) is 2.56. The molecule has 4 heteroatoms. The summed E-state index contributed by atoms with van der Waals surface area (Å²) in [5.74, 6) is 0.239. The quantitative estimate of drug-likeness (QED) is 0.908. The van der Waals surface area contributed by atoms with Crippen molar-refractivity contribution in [3.8, 4) is 0 Å². The molecule has 0 radical (unpaired) electrons. The molecule has 1 atom stereocenters. The molecule has 2 aliphatic rings. The van der Waals surface area contributed by atoms with E-state index in [0.29, 0.717) is 5.91 Å². The predicted molar refractivity (Wildman–Crippen MR) is 80.3 cm³/mol. The van der Waals surface area contributed by atoms with Gasteiger partial charge in [-0.3, -0.25) is 4.79 Å². The lowest BCUT2D eigenvalue weighted by Gasteiger charge is -2.39. The number of nitrogens with zero attached hydrogens (tertiary/aromatic N) is 1. The van der Waals surface area contributed by atoms with Gasteiger partial charge in [-0.05, 0) is 62.9 Å². The van der Waals surface area contributed by atoms with E-state index in [2.05, 4.69) is 5.32 Å². The first-order valence-electron chi connectivity index (χ1n) is 8.02. The molecule has 2 aliphatic heterocycles. The Morgan fingerprint density at radius 1 is 1.10 bits per heavy atom. The molecule has 2 heterocycles. The van der Waals surface area contributed by atoms with Gasteiger partial charge >= 0.3 is 0 Å². The molecule has 114 valence electrons. The molecular formula is C17H23FN2O. The zero-order valence-corrected chi connectivity index (χ0v) is 12.4. The Labute approximate surface area is 125 Å². The van der Waals surface area contributed by atoms with Crippen LogP contribution in [0, 0.1) is 11.7 Å². The number of amides is 1. The summed E-state index contributed by atoms with van der Waals surface area (Å²) in [6, 6.07) is 6.78. The number of halogens is 1. The second-order valence-electron chi connectivity index (χ2n) is 6.12. The van der Waals surface area contributed by atoms with E-state index in [1.165, 1.54) is 12.1 Å². The van der Waals surface area contributed by atoms with Crippen LogP contribution in [0.4, 0.5) is 4.39 Å². The van der Waals surface area contributed by atoms with Crippen molar-refractivity contribution in [1.29, 1.82) is 0 Å². The Morgan fingerprint density at radius 3 is 2.52 bits per heavy atom. The minimum absolute atomic E-state index is 0.127. The van der Waals surface area contributed by atoms with Gasteiger partial charge in [0.1, 0.15) is 5.82 Å². The van der Waals surface area contributed by atoms with Crippen LogP contribution in [0.25, 0.3) is 0 Å². The number of carbonyl (C=O) groups is 1. The van der Waals surface area contributed by atoms with Crippen molar-refractivity contribution < 1.29 is 9.18 Å². The summed E-state index contributed by atoms with van der Waals surface area (Å²) in [6.07, 6.45) is 5.08. The second-order valence-corrected chi connectivity index (χ2v) is 6.12. The molecule has 3 nitrogen and oxygen atoms in total. The number of likely N-dealkylation sites (tertiary alicyclic amines) is 1. The van der Waals surface area contributed by atoms with E-state index >= 15 is 0 Å². The van der Waals surface area contributed by atoms with Crippen LogP contribution in [0.15, 0.2) is 24.3 Å². The summed E-state index contributed by atoms with van der Waals surface area (Å²) in [4.78, 5) is 14.9. The van der Waals surface area contributed by atoms with Crippen LogP contribution in [-0.4, -0.2) is 30.4 Å². The van der Waals surface area contributed by atoms with Crippen LogP contribution in [0.5, 0.6) is 0 Å². The number of benzene rings is 1. The molecule has 1 N–H and O–H groups in total. The third-order valence-corrected chi connectivity index (χ3v) is 4.73. The minimum Gasteiger partial charge on any atom is -0.335 e. The molecule has 3 rings (SSSR count). The topological polar surface area (TPSA) is 32.3 Å². The monoisotopic (exact) mass is 290 g/mol. The molecule has 1 aromatic carbocycles. The molecular weight excluding hydrogens is 267 g/mol. The van der Waals surface area contributed by atoms with Crippen LogP contribution < -0.4 is 5.32 Å². The number of hydrogen-bond acceptors (Lipinski definition) is 2. The van der Waals surface area contributed by atoms with Crippen molar-refractivity contribution in [2.24, 2.45) is 5.92 Å². The number of piperidine rings is 2. The Balaban J connectivity index is 1.77. The van der Waals surface area contributed by atoms with Gasteiger partial charge in [-0.25, -0.2) is 4.39 Å². The van der Waals surface area contributed by atoms with E-state index in [1.54, 1.807) is 0 Å². The van der Waals surface area contributed by atoms with E-state index in [9.17, 15) is 9.18 Å². The van der Waals surface area contributed by atoms with E-state index in [-0.39, 0.29) is 17.8 Å². The standard InChI is InChI=1S/C17H23FN2O/c18-15-6-4-13(5-7-15)16-3-1-2-12-20(16)17(21)14-8-10-19-11-9-14/h4-7,14,16,19H,1-3,8-12H2. The van der Waals surface area contributed by atoms with Crippen LogP contribution in [-0.2, 0) is 4.79 Å². The summed E-state index contributed by atoms with van der Waals surface area (Å²) >= 11 is 0. The van der Waals surface area contributed by atoms with E-state index < -0.39 is 0 Å². The molecule has 21 heavy (non-hydrogen) atoms. The second kappa shape index (κ2) is 6.56. The van der Waals surface area contributed by atoms with Gasteiger partial charge in [0.05, 0.1) is 6.04 Å². The summed E-state index contributed by atoms with van der Waals surface area (Å²) < 4.78 is 13.1. The SMILES string of the molecule is O=C(C1CCNCC1)N1CCCCC1c1ccc(F)cc1. The Bertz CT molecular complexity index is 482. The molecule has 0 spiro atoms. The first-order chi connectivity index (χ1) is 10.3. The van der Waals surface area contributed by atoms with Gasteiger partial charge in [0.25, 0.3) is 0 Å². The molecule has 0 aromatic heterocycles. The largest absolute Gasteiger partial charge is 0.335 e. The molecule has 1 aromatic rings. The highest BCUT2D eigenvalue weighted by atomic mass is 19.1. The summed E-state index contributed by atoms with van der Waals surface area (Å²) in [7, 11) is 0. The van der Waals surface area contributed by atoms with Crippen LogP contribution >= 0.6 is 0 Å². The maximum atomic E-state index is 13.1. The normalized spacial score (nSPS) is 24.0. The Kier molecular flexibility index (Phi) is 4.54. The van der Waals surface area contributed by atoms with Gasteiger partial charge < -0.3 is 10.2 Å². The van der Waals surface area contributed by atoms with Crippen LogP contribution in [0.2, 0.25) is 0 Å². The predicted octanol–water partition coefficient (Wildman–Crippen LogP) is 2.88. The van der Waals surface area contributed by atoms with Crippen molar-refractivity contribution in [2.45, 2.75) is 38.1 Å². The minimum atomic E-state index is -0.217. The first kappa shape index (κ1) is 14.5. The third-order valence-electron chi connectivity index (χ3n) is 4.73. The third kappa shape index (κ3) is 3.26. The maximum Gasteiger partial charge on any atom is 0.226 e. The van der Waals surface area contributed by atoms with E-state index in [0.717, 1.165) is 57.3 Å². The molecule has 0 saturated carbocycles. The van der Waals surface area contributed by atoms with Crippen LogP contribution in [0.1, 0.15) is 43.7 Å². The molecule has 2 fully saturated rings. The fourth-order valence-electron chi connectivity index (χ4n) is 3.53. The lowest BCUT2D eigenvalue weighted by atomic mass is 9.91. The highest BCUT2D eigenvalue weighted by Gasteiger charge is 2.32. The average molecular weight is 290 g/mol. The molecule has 1 unspecified atom stereocenters. The lowest BCUT2D eigenvalue weighted by molar-refractivity contribution is -0.140. The smallest absolute Gasteiger partial charge is 0.226 e. The molecule has 1 amide bonds. The van der Waals surface area contributed by atoms with E-state index in [1.807, 2.05) is 17.0 Å². The Morgan fingerprint density at radius 2 is 1.81 bits per heavy atom. The van der Waals surface area contributed by atoms with Crippen molar-refractivity contribution in [1.82, 2.24) is 10.2 Å². The van der Waals surface area contributed by atoms with Crippen molar-refractivity contribution in [3.63, 3.8) is 0 Å². The molecule has 2 saturated heterocycles. The van der Waals surface area contributed by atoms with Gasteiger partial charge in [-0.1, -0.05) is 12.1 Å². The highest BCUT2D eigenvalue weighted by Crippen LogP contribution is 2.33. The maximum absolute atomic E-state index is 13.1. The highest BCUT2D eigenvalue weighted by molar-refractivity contribution is 5.79.